The van der Waals surface area contributed by atoms with Gasteiger partial charge in [0.1, 0.15) is 5.82 Å². The first-order valence-corrected chi connectivity index (χ1v) is 11.2. The molecule has 1 aliphatic rings. The van der Waals surface area contributed by atoms with Gasteiger partial charge in [0.25, 0.3) is 0 Å². The van der Waals surface area contributed by atoms with E-state index in [2.05, 4.69) is 20.8 Å². The minimum absolute atomic E-state index is 0.0524. The normalized spacial score (nSPS) is 14.1. The number of amides is 2. The Balaban J connectivity index is 1.52. The molecule has 1 fully saturated rings. The summed E-state index contributed by atoms with van der Waals surface area (Å²) in [5.41, 5.74) is 2.64. The highest BCUT2D eigenvalue weighted by Crippen LogP contribution is 2.41. The molecule has 31 heavy (non-hydrogen) atoms. The molecule has 7 nitrogen and oxygen atoms in total. The molecule has 1 unspecified atom stereocenters. The Bertz CT molecular complexity index is 1080. The van der Waals surface area contributed by atoms with Gasteiger partial charge in [-0.3, -0.25) is 14.2 Å². The van der Waals surface area contributed by atoms with Crippen molar-refractivity contribution < 1.29 is 9.59 Å². The maximum atomic E-state index is 12.7. The monoisotopic (exact) mass is 435 g/mol. The summed E-state index contributed by atoms with van der Waals surface area (Å²) in [6, 6.07) is 17.4. The van der Waals surface area contributed by atoms with E-state index in [0.717, 1.165) is 29.9 Å². The van der Waals surface area contributed by atoms with E-state index >= 15 is 0 Å². The molecule has 2 amide bonds. The number of aromatic nitrogens is 3. The Morgan fingerprint density at radius 2 is 1.90 bits per heavy atom. The molecule has 0 radical (unpaired) electrons. The van der Waals surface area contributed by atoms with E-state index in [0.29, 0.717) is 23.3 Å². The third kappa shape index (κ3) is 5.32. The Morgan fingerprint density at radius 3 is 2.61 bits per heavy atom. The van der Waals surface area contributed by atoms with Crippen molar-refractivity contribution in [2.75, 3.05) is 5.32 Å². The van der Waals surface area contributed by atoms with Gasteiger partial charge in [0.2, 0.25) is 11.8 Å². The summed E-state index contributed by atoms with van der Waals surface area (Å²) >= 11 is 1.38. The van der Waals surface area contributed by atoms with E-state index in [1.165, 1.54) is 18.7 Å². The molecule has 1 atom stereocenters. The van der Waals surface area contributed by atoms with Gasteiger partial charge in [0.05, 0.1) is 10.9 Å². The maximum absolute atomic E-state index is 12.7. The molecule has 8 heteroatoms. The first-order valence-electron chi connectivity index (χ1n) is 10.3. The highest BCUT2D eigenvalue weighted by atomic mass is 32.2. The van der Waals surface area contributed by atoms with Crippen LogP contribution in [0, 0.1) is 0 Å². The van der Waals surface area contributed by atoms with E-state index < -0.39 is 0 Å². The zero-order chi connectivity index (χ0) is 21.8. The molecular weight excluding hydrogens is 410 g/mol. The molecule has 3 aromatic rings. The molecule has 2 aromatic carbocycles. The molecule has 0 aliphatic heterocycles. The number of thioether (sulfide) groups is 1. The Kier molecular flexibility index (Phi) is 6.36. The van der Waals surface area contributed by atoms with Gasteiger partial charge in [0.15, 0.2) is 5.16 Å². The van der Waals surface area contributed by atoms with E-state index in [4.69, 9.17) is 0 Å². The average Bonchev–Trinajstić information content (AvgIpc) is 3.52. The van der Waals surface area contributed by atoms with Crippen molar-refractivity contribution >= 4 is 29.3 Å². The number of anilines is 1. The maximum Gasteiger partial charge on any atom is 0.233 e. The van der Waals surface area contributed by atoms with E-state index in [9.17, 15) is 9.59 Å². The zero-order valence-electron chi connectivity index (χ0n) is 17.5. The lowest BCUT2D eigenvalue weighted by Crippen LogP contribution is -2.30. The molecule has 160 valence electrons. The van der Waals surface area contributed by atoms with Crippen LogP contribution in [0.4, 0.5) is 5.69 Å². The highest BCUT2D eigenvalue weighted by molar-refractivity contribution is 8.00. The Labute approximate surface area is 185 Å². The van der Waals surface area contributed by atoms with Crippen LogP contribution in [0.1, 0.15) is 44.0 Å². The third-order valence-electron chi connectivity index (χ3n) is 4.99. The van der Waals surface area contributed by atoms with Gasteiger partial charge < -0.3 is 10.6 Å². The second-order valence-corrected chi connectivity index (χ2v) is 8.95. The highest BCUT2D eigenvalue weighted by Gasteiger charge is 2.32. The average molecular weight is 436 g/mol. The first-order chi connectivity index (χ1) is 15.0. The lowest BCUT2D eigenvalue weighted by atomic mass is 10.2. The van der Waals surface area contributed by atoms with Crippen molar-refractivity contribution in [3.8, 4) is 5.69 Å². The summed E-state index contributed by atoms with van der Waals surface area (Å²) in [6.45, 7) is 3.84. The van der Waals surface area contributed by atoms with Crippen molar-refractivity contribution in [2.45, 2.75) is 49.6 Å². The largest absolute Gasteiger partial charge is 0.351 e. The molecule has 1 heterocycles. The van der Waals surface area contributed by atoms with Gasteiger partial charge in [-0.1, -0.05) is 48.2 Å². The predicted octanol–water partition coefficient (Wildman–Crippen LogP) is 3.90. The van der Waals surface area contributed by atoms with Crippen LogP contribution in [-0.4, -0.2) is 31.8 Å². The predicted molar refractivity (Wildman–Crippen MR) is 121 cm³/mol. The second-order valence-electron chi connectivity index (χ2n) is 7.65. The van der Waals surface area contributed by atoms with E-state index in [1.807, 2.05) is 66.1 Å². The van der Waals surface area contributed by atoms with Gasteiger partial charge in [-0.15, -0.1) is 10.2 Å². The van der Waals surface area contributed by atoms with Crippen LogP contribution in [0.2, 0.25) is 0 Å². The van der Waals surface area contributed by atoms with Crippen LogP contribution in [0.15, 0.2) is 59.8 Å². The topological polar surface area (TPSA) is 88.9 Å². The number of nitrogens with zero attached hydrogens (tertiary/aromatic N) is 3. The van der Waals surface area contributed by atoms with Gasteiger partial charge in [-0.05, 0) is 43.5 Å². The lowest BCUT2D eigenvalue weighted by molar-refractivity contribution is -0.120. The van der Waals surface area contributed by atoms with E-state index in [-0.39, 0.29) is 17.1 Å². The molecule has 0 saturated heterocycles. The second kappa shape index (κ2) is 9.34. The number of hydrogen-bond donors (Lipinski definition) is 2. The summed E-state index contributed by atoms with van der Waals surface area (Å²) < 4.78 is 2.01. The number of carbonyl (C=O) groups excluding carboxylic acids is 2. The third-order valence-corrected chi connectivity index (χ3v) is 6.03. The molecule has 1 saturated carbocycles. The molecule has 2 N–H and O–H groups in total. The number of rotatable bonds is 8. The van der Waals surface area contributed by atoms with Crippen LogP contribution < -0.4 is 10.6 Å². The number of hydrogen-bond acceptors (Lipinski definition) is 5. The molecule has 4 rings (SSSR count). The van der Waals surface area contributed by atoms with Crippen molar-refractivity contribution in [3.63, 3.8) is 0 Å². The van der Waals surface area contributed by atoms with Crippen LogP contribution >= 0.6 is 11.8 Å². The quantitative estimate of drug-likeness (QED) is 0.524. The first kappa shape index (κ1) is 21.1. The van der Waals surface area contributed by atoms with Gasteiger partial charge in [-0.2, -0.15) is 0 Å². The fraction of sp³-hybridized carbons (Fsp3) is 0.304. The zero-order valence-corrected chi connectivity index (χ0v) is 18.4. The van der Waals surface area contributed by atoms with Crippen molar-refractivity contribution in [2.24, 2.45) is 0 Å². The SMILES string of the molecule is CC(=O)Nc1cccc(-n2c(SC(C)C(=O)NCc3ccccc3)nnc2C2CC2)c1. The van der Waals surface area contributed by atoms with Crippen LogP contribution in [0.5, 0.6) is 0 Å². The fourth-order valence-electron chi connectivity index (χ4n) is 3.27. The standard InChI is InChI=1S/C23H25N5O2S/c1-15(22(30)24-14-17-7-4-3-5-8-17)31-23-27-26-21(18-11-12-18)28(23)20-10-6-9-19(13-20)25-16(2)29/h3-10,13,15,18H,11-12,14H2,1-2H3,(H,24,30)(H,25,29). The fourth-order valence-corrected chi connectivity index (χ4v) is 4.17. The molecular formula is C23H25N5O2S. The van der Waals surface area contributed by atoms with Crippen molar-refractivity contribution in [1.29, 1.82) is 0 Å². The van der Waals surface area contributed by atoms with Crippen LogP contribution in [0.25, 0.3) is 5.69 Å². The van der Waals surface area contributed by atoms with Crippen molar-refractivity contribution in [1.82, 2.24) is 20.1 Å². The van der Waals surface area contributed by atoms with Crippen molar-refractivity contribution in [3.05, 3.63) is 66.0 Å². The molecule has 1 aliphatic carbocycles. The van der Waals surface area contributed by atoms with Crippen LogP contribution in [-0.2, 0) is 16.1 Å². The summed E-state index contributed by atoms with van der Waals surface area (Å²) in [4.78, 5) is 24.1. The molecule has 0 bridgehead atoms. The number of benzene rings is 2. The lowest BCUT2D eigenvalue weighted by Gasteiger charge is -2.14. The summed E-state index contributed by atoms with van der Waals surface area (Å²) in [5, 5.41) is 15.0. The van der Waals surface area contributed by atoms with Gasteiger partial charge in [-0.25, -0.2) is 0 Å². The van der Waals surface area contributed by atoms with Gasteiger partial charge in [0, 0.05) is 25.1 Å². The van der Waals surface area contributed by atoms with E-state index in [1.54, 1.807) is 0 Å². The minimum atomic E-state index is -0.336. The van der Waals surface area contributed by atoms with Gasteiger partial charge >= 0.3 is 0 Å². The number of nitrogens with one attached hydrogen (secondary N) is 2. The minimum Gasteiger partial charge on any atom is -0.351 e. The molecule has 0 spiro atoms. The van der Waals surface area contributed by atoms with Crippen LogP contribution in [0.3, 0.4) is 0 Å². The Morgan fingerprint density at radius 1 is 1.13 bits per heavy atom. The number of carbonyl (C=O) groups is 2. The molecule has 1 aromatic heterocycles. The summed E-state index contributed by atoms with van der Waals surface area (Å²) in [6.07, 6.45) is 2.17. The smallest absolute Gasteiger partial charge is 0.233 e. The Hall–Kier alpha value is -3.13. The summed E-state index contributed by atoms with van der Waals surface area (Å²) in [7, 11) is 0. The summed E-state index contributed by atoms with van der Waals surface area (Å²) in [5.74, 6) is 1.11.